The normalized spacial score (nSPS) is 17.2. The minimum atomic E-state index is -3.52. The molecule has 1 fully saturated rings. The number of benzene rings is 1. The molecule has 0 aliphatic carbocycles. The zero-order valence-corrected chi connectivity index (χ0v) is 19.6. The highest BCUT2D eigenvalue weighted by Gasteiger charge is 2.20. The Kier molecular flexibility index (Phi) is 11.9. The molecule has 160 valence electrons. The van der Waals surface area contributed by atoms with E-state index >= 15 is 0 Å². The smallest absolute Gasteiger partial charge is 0.240 e. The monoisotopic (exact) mass is 526 g/mol. The number of halogens is 1. The van der Waals surface area contributed by atoms with Crippen molar-refractivity contribution in [1.29, 1.82) is 0 Å². The van der Waals surface area contributed by atoms with Crippen molar-refractivity contribution in [2.45, 2.75) is 37.3 Å². The average molecular weight is 526 g/mol. The molecular weight excluding hydrogens is 495 g/mol. The van der Waals surface area contributed by atoms with Crippen LogP contribution in [0.15, 0.2) is 34.2 Å². The van der Waals surface area contributed by atoms with Gasteiger partial charge < -0.3 is 20.1 Å². The Morgan fingerprint density at radius 2 is 2.04 bits per heavy atom. The quantitative estimate of drug-likeness (QED) is 0.185. The third-order valence-electron chi connectivity index (χ3n) is 4.19. The standard InChI is InChI=1S/C18H30N4O4S.HI/c1-3-25-12-10-20-18(19-2)21-13-15-6-8-17(9-7-15)27(23,24)22-14-16-5-4-11-26-16;/h6-9,16,22H,3-5,10-14H2,1-2H3,(H2,19,20,21);1H. The van der Waals surface area contributed by atoms with Gasteiger partial charge in [-0.15, -0.1) is 24.0 Å². The van der Waals surface area contributed by atoms with Gasteiger partial charge in [0.25, 0.3) is 0 Å². The Hall–Kier alpha value is -0.950. The summed E-state index contributed by atoms with van der Waals surface area (Å²) in [6.07, 6.45) is 1.86. The maximum absolute atomic E-state index is 12.4. The molecule has 2 rings (SSSR count). The highest BCUT2D eigenvalue weighted by atomic mass is 127. The van der Waals surface area contributed by atoms with Crippen molar-refractivity contribution in [3.8, 4) is 0 Å². The van der Waals surface area contributed by atoms with Crippen LogP contribution in [0.2, 0.25) is 0 Å². The van der Waals surface area contributed by atoms with Gasteiger partial charge in [0.15, 0.2) is 5.96 Å². The molecule has 10 heteroatoms. The Labute approximate surface area is 184 Å². The number of ether oxygens (including phenoxy) is 2. The van der Waals surface area contributed by atoms with Crippen LogP contribution in [-0.4, -0.2) is 60.4 Å². The molecular formula is C18H31IN4O4S. The number of hydrogen-bond acceptors (Lipinski definition) is 5. The maximum atomic E-state index is 12.4. The fourth-order valence-electron chi connectivity index (χ4n) is 2.67. The van der Waals surface area contributed by atoms with Crippen LogP contribution in [0.4, 0.5) is 0 Å². The molecule has 0 radical (unpaired) electrons. The topological polar surface area (TPSA) is 101 Å². The van der Waals surface area contributed by atoms with Crippen LogP contribution in [0.25, 0.3) is 0 Å². The van der Waals surface area contributed by atoms with Gasteiger partial charge in [0.2, 0.25) is 10.0 Å². The first-order valence-corrected chi connectivity index (χ1v) is 10.8. The number of nitrogens with one attached hydrogen (secondary N) is 3. The Bertz CT molecular complexity index is 692. The minimum absolute atomic E-state index is 0. The summed E-state index contributed by atoms with van der Waals surface area (Å²) in [5, 5.41) is 6.33. The largest absolute Gasteiger partial charge is 0.380 e. The van der Waals surface area contributed by atoms with Gasteiger partial charge in [0.05, 0.1) is 17.6 Å². The number of nitrogens with zero attached hydrogens (tertiary/aromatic N) is 1. The predicted molar refractivity (Wildman–Crippen MR) is 121 cm³/mol. The zero-order chi connectivity index (χ0) is 19.5. The Morgan fingerprint density at radius 1 is 1.29 bits per heavy atom. The molecule has 1 saturated heterocycles. The molecule has 0 amide bonds. The van der Waals surface area contributed by atoms with Gasteiger partial charge in [-0.1, -0.05) is 12.1 Å². The van der Waals surface area contributed by atoms with Crippen LogP contribution in [0, 0.1) is 0 Å². The molecule has 3 N–H and O–H groups in total. The van der Waals surface area contributed by atoms with E-state index in [2.05, 4.69) is 20.3 Å². The number of guanidine groups is 1. The van der Waals surface area contributed by atoms with Gasteiger partial charge in [-0.05, 0) is 37.5 Å². The van der Waals surface area contributed by atoms with E-state index in [1.165, 1.54) is 0 Å². The van der Waals surface area contributed by atoms with Crippen molar-refractivity contribution in [3.05, 3.63) is 29.8 Å². The van der Waals surface area contributed by atoms with Crippen molar-refractivity contribution in [3.63, 3.8) is 0 Å². The highest BCUT2D eigenvalue weighted by Crippen LogP contribution is 2.14. The Balaban J connectivity index is 0.00000392. The number of aliphatic imine (C=N–C) groups is 1. The molecule has 8 nitrogen and oxygen atoms in total. The molecule has 1 aromatic rings. The molecule has 1 aliphatic rings. The lowest BCUT2D eigenvalue weighted by Gasteiger charge is -2.13. The second-order valence-electron chi connectivity index (χ2n) is 6.18. The van der Waals surface area contributed by atoms with Crippen LogP contribution >= 0.6 is 24.0 Å². The molecule has 1 unspecified atom stereocenters. The first-order chi connectivity index (χ1) is 13.0. The second kappa shape index (κ2) is 13.3. The van der Waals surface area contributed by atoms with Crippen molar-refractivity contribution in [1.82, 2.24) is 15.4 Å². The first kappa shape index (κ1) is 25.1. The fraction of sp³-hybridized carbons (Fsp3) is 0.611. The molecule has 0 spiro atoms. The van der Waals surface area contributed by atoms with Crippen molar-refractivity contribution in [2.24, 2.45) is 4.99 Å². The Morgan fingerprint density at radius 3 is 2.64 bits per heavy atom. The van der Waals surface area contributed by atoms with Gasteiger partial charge in [-0.3, -0.25) is 4.99 Å². The van der Waals surface area contributed by atoms with Crippen LogP contribution in [0.5, 0.6) is 0 Å². The van der Waals surface area contributed by atoms with Crippen molar-refractivity contribution >= 4 is 40.0 Å². The van der Waals surface area contributed by atoms with Gasteiger partial charge in [-0.2, -0.15) is 0 Å². The van der Waals surface area contributed by atoms with E-state index in [0.717, 1.165) is 18.4 Å². The summed E-state index contributed by atoms with van der Waals surface area (Å²) in [4.78, 5) is 4.39. The molecule has 0 saturated carbocycles. The van der Waals surface area contributed by atoms with Gasteiger partial charge in [0.1, 0.15) is 0 Å². The third-order valence-corrected chi connectivity index (χ3v) is 5.62. The molecule has 28 heavy (non-hydrogen) atoms. The van der Waals surface area contributed by atoms with Gasteiger partial charge in [0, 0.05) is 39.9 Å². The van der Waals surface area contributed by atoms with Crippen molar-refractivity contribution < 1.29 is 17.9 Å². The molecule has 0 aromatic heterocycles. The summed E-state index contributed by atoms with van der Waals surface area (Å²) in [5.74, 6) is 0.671. The van der Waals surface area contributed by atoms with E-state index in [9.17, 15) is 8.42 Å². The molecule has 1 heterocycles. The summed E-state index contributed by atoms with van der Waals surface area (Å²) >= 11 is 0. The van der Waals surface area contributed by atoms with E-state index in [4.69, 9.17) is 9.47 Å². The average Bonchev–Trinajstić information content (AvgIpc) is 3.20. The summed E-state index contributed by atoms with van der Waals surface area (Å²) in [5.41, 5.74) is 0.959. The summed E-state index contributed by atoms with van der Waals surface area (Å²) < 4.78 is 38.1. The van der Waals surface area contributed by atoms with Gasteiger partial charge >= 0.3 is 0 Å². The second-order valence-corrected chi connectivity index (χ2v) is 7.95. The number of sulfonamides is 1. The highest BCUT2D eigenvalue weighted by molar-refractivity contribution is 14.0. The van der Waals surface area contributed by atoms with Crippen LogP contribution in [0.3, 0.4) is 0 Å². The van der Waals surface area contributed by atoms with Crippen LogP contribution < -0.4 is 15.4 Å². The molecule has 0 bridgehead atoms. The van der Waals surface area contributed by atoms with Gasteiger partial charge in [-0.25, -0.2) is 13.1 Å². The maximum Gasteiger partial charge on any atom is 0.240 e. The van der Waals surface area contributed by atoms with Crippen LogP contribution in [-0.2, 0) is 26.0 Å². The van der Waals surface area contributed by atoms with E-state index in [0.29, 0.717) is 45.4 Å². The minimum Gasteiger partial charge on any atom is -0.380 e. The number of hydrogen-bond donors (Lipinski definition) is 3. The lowest BCUT2D eigenvalue weighted by molar-refractivity contribution is 0.114. The van der Waals surface area contributed by atoms with E-state index < -0.39 is 10.0 Å². The van der Waals surface area contributed by atoms with Crippen LogP contribution in [0.1, 0.15) is 25.3 Å². The van der Waals surface area contributed by atoms with E-state index in [1.54, 1.807) is 31.3 Å². The SMILES string of the molecule is CCOCCNC(=NC)NCc1ccc(S(=O)(=O)NCC2CCCO2)cc1.I. The zero-order valence-electron chi connectivity index (χ0n) is 16.4. The lowest BCUT2D eigenvalue weighted by atomic mass is 10.2. The summed E-state index contributed by atoms with van der Waals surface area (Å²) in [7, 11) is -1.82. The lowest BCUT2D eigenvalue weighted by Crippen LogP contribution is -2.38. The van der Waals surface area contributed by atoms with E-state index in [1.807, 2.05) is 6.92 Å². The molecule has 1 aliphatic heterocycles. The predicted octanol–water partition coefficient (Wildman–Crippen LogP) is 1.46. The number of rotatable bonds is 10. The summed E-state index contributed by atoms with van der Waals surface area (Å²) in [6, 6.07) is 6.81. The van der Waals surface area contributed by atoms with E-state index in [-0.39, 0.29) is 35.0 Å². The fourth-order valence-corrected chi connectivity index (χ4v) is 3.74. The molecule has 1 atom stereocenters. The first-order valence-electron chi connectivity index (χ1n) is 9.27. The molecule has 1 aromatic carbocycles. The summed E-state index contributed by atoms with van der Waals surface area (Å²) in [6.45, 7) is 5.48. The van der Waals surface area contributed by atoms with Crippen molar-refractivity contribution in [2.75, 3.05) is 40.0 Å². The third kappa shape index (κ3) is 8.60.